The summed E-state index contributed by atoms with van der Waals surface area (Å²) in [5.74, 6) is 1.36. The molecule has 74 valence electrons. The molecule has 0 unspecified atom stereocenters. The molecule has 0 saturated heterocycles. The Balaban J connectivity index is 3.04. The van der Waals surface area contributed by atoms with Gasteiger partial charge in [-0.2, -0.15) is 0 Å². The molecular weight excluding hydrogens is 291 g/mol. The maximum absolute atomic E-state index is 2.46. The van der Waals surface area contributed by atoms with Gasteiger partial charge in [-0.15, -0.1) is 11.3 Å². The Kier molecular flexibility index (Phi) is 4.23. The lowest BCUT2D eigenvalue weighted by atomic mass is 10.1. The normalized spacial score (nSPS) is 11.6. The number of hydrogen-bond donors (Lipinski definition) is 0. The van der Waals surface area contributed by atoms with Gasteiger partial charge in [0, 0.05) is 14.2 Å². The van der Waals surface area contributed by atoms with Crippen molar-refractivity contribution in [3.63, 3.8) is 0 Å². The van der Waals surface area contributed by atoms with Crippen LogP contribution in [-0.4, -0.2) is 0 Å². The molecular formula is C11H17IS. The minimum atomic E-state index is 0.680. The fourth-order valence-electron chi connectivity index (χ4n) is 1.34. The van der Waals surface area contributed by atoms with Crippen LogP contribution in [-0.2, 0) is 4.43 Å². The summed E-state index contributed by atoms with van der Waals surface area (Å²) in [5.41, 5.74) is 1.55. The Bertz CT molecular complexity index is 274. The lowest BCUT2D eigenvalue weighted by molar-refractivity contribution is 0.880. The number of rotatable bonds is 3. The van der Waals surface area contributed by atoms with Crippen molar-refractivity contribution >= 4 is 33.9 Å². The summed E-state index contributed by atoms with van der Waals surface area (Å²) in [7, 11) is 0. The highest BCUT2D eigenvalue weighted by Gasteiger charge is 2.12. The minimum Gasteiger partial charge on any atom is -0.145 e. The molecule has 0 aliphatic heterocycles. The first-order valence-corrected chi connectivity index (χ1v) is 7.09. The zero-order valence-corrected chi connectivity index (χ0v) is 11.7. The lowest BCUT2D eigenvalue weighted by Gasteiger charge is -2.03. The molecule has 0 amide bonds. The van der Waals surface area contributed by atoms with Gasteiger partial charge >= 0.3 is 0 Å². The van der Waals surface area contributed by atoms with Crippen molar-refractivity contribution in [3.8, 4) is 0 Å². The molecule has 0 N–H and O–H groups in total. The molecule has 2 heteroatoms. The summed E-state index contributed by atoms with van der Waals surface area (Å²) in [6.07, 6.45) is 0. The van der Waals surface area contributed by atoms with Crippen LogP contribution in [0.5, 0.6) is 0 Å². The van der Waals surface area contributed by atoms with Crippen LogP contribution in [0, 0.1) is 0 Å². The van der Waals surface area contributed by atoms with Crippen LogP contribution in [0.4, 0.5) is 0 Å². The highest BCUT2D eigenvalue weighted by molar-refractivity contribution is 14.1. The Morgan fingerprint density at radius 2 is 1.85 bits per heavy atom. The van der Waals surface area contributed by atoms with Crippen LogP contribution < -0.4 is 0 Å². The van der Waals surface area contributed by atoms with E-state index in [0.29, 0.717) is 11.8 Å². The Hall–Kier alpha value is 0.430. The topological polar surface area (TPSA) is 0 Å². The van der Waals surface area contributed by atoms with Crippen molar-refractivity contribution < 1.29 is 0 Å². The third kappa shape index (κ3) is 2.69. The second-order valence-corrected chi connectivity index (χ2v) is 5.86. The maximum Gasteiger partial charge on any atom is 0.0258 e. The van der Waals surface area contributed by atoms with Gasteiger partial charge in [0.05, 0.1) is 0 Å². The molecule has 0 nitrogen and oxygen atoms in total. The number of halogens is 1. The van der Waals surface area contributed by atoms with E-state index in [1.807, 2.05) is 11.3 Å². The molecule has 0 radical (unpaired) electrons. The first-order valence-electron chi connectivity index (χ1n) is 4.74. The average Bonchev–Trinajstić information content (AvgIpc) is 2.47. The minimum absolute atomic E-state index is 0.680. The first kappa shape index (κ1) is 11.5. The molecule has 0 atom stereocenters. The first-order chi connectivity index (χ1) is 6.06. The van der Waals surface area contributed by atoms with E-state index in [9.17, 15) is 0 Å². The smallest absolute Gasteiger partial charge is 0.0258 e. The molecule has 0 aromatic carbocycles. The molecule has 0 bridgehead atoms. The second kappa shape index (κ2) is 4.78. The Morgan fingerprint density at radius 1 is 1.23 bits per heavy atom. The van der Waals surface area contributed by atoms with Gasteiger partial charge in [0.25, 0.3) is 0 Å². The third-order valence-electron chi connectivity index (χ3n) is 2.10. The van der Waals surface area contributed by atoms with E-state index in [-0.39, 0.29) is 0 Å². The summed E-state index contributed by atoms with van der Waals surface area (Å²) in [6.45, 7) is 9.11. The van der Waals surface area contributed by atoms with E-state index in [1.54, 1.807) is 10.4 Å². The van der Waals surface area contributed by atoms with Crippen molar-refractivity contribution in [3.05, 3.63) is 21.4 Å². The Labute approximate surface area is 98.9 Å². The van der Waals surface area contributed by atoms with Crippen molar-refractivity contribution in [1.29, 1.82) is 0 Å². The van der Waals surface area contributed by atoms with Gasteiger partial charge in [-0.3, -0.25) is 0 Å². The fourth-order valence-corrected chi connectivity index (χ4v) is 3.42. The van der Waals surface area contributed by atoms with E-state index in [1.165, 1.54) is 4.88 Å². The largest absolute Gasteiger partial charge is 0.145 e. The molecule has 0 saturated carbocycles. The zero-order chi connectivity index (χ0) is 10.0. The fraction of sp³-hybridized carbons (Fsp3) is 0.636. The Morgan fingerprint density at radius 3 is 2.15 bits per heavy atom. The van der Waals surface area contributed by atoms with E-state index in [4.69, 9.17) is 0 Å². The van der Waals surface area contributed by atoms with Crippen molar-refractivity contribution in [2.45, 2.75) is 44.0 Å². The highest BCUT2D eigenvalue weighted by Crippen LogP contribution is 2.34. The van der Waals surface area contributed by atoms with E-state index >= 15 is 0 Å². The SMILES string of the molecule is CC(C)c1cc(CI)c(C(C)C)s1. The molecule has 13 heavy (non-hydrogen) atoms. The van der Waals surface area contributed by atoms with Gasteiger partial charge in [-0.25, -0.2) is 0 Å². The van der Waals surface area contributed by atoms with Crippen molar-refractivity contribution in [2.24, 2.45) is 0 Å². The molecule has 0 aliphatic rings. The highest BCUT2D eigenvalue weighted by atomic mass is 127. The predicted octanol–water partition coefficient (Wildman–Crippen LogP) is 4.93. The molecule has 0 fully saturated rings. The van der Waals surface area contributed by atoms with Gasteiger partial charge in [0.1, 0.15) is 0 Å². The molecule has 0 spiro atoms. The monoisotopic (exact) mass is 308 g/mol. The van der Waals surface area contributed by atoms with Crippen molar-refractivity contribution in [2.75, 3.05) is 0 Å². The quantitative estimate of drug-likeness (QED) is 0.548. The van der Waals surface area contributed by atoms with Crippen molar-refractivity contribution in [1.82, 2.24) is 0 Å². The molecule has 1 rings (SSSR count). The molecule has 1 aromatic rings. The van der Waals surface area contributed by atoms with Crippen LogP contribution >= 0.6 is 33.9 Å². The molecule has 1 heterocycles. The lowest BCUT2D eigenvalue weighted by Crippen LogP contribution is -1.85. The maximum atomic E-state index is 2.46. The van der Waals surface area contributed by atoms with E-state index in [2.05, 4.69) is 56.4 Å². The summed E-state index contributed by atoms with van der Waals surface area (Å²) >= 11 is 4.45. The third-order valence-corrected chi connectivity index (χ3v) is 4.70. The van der Waals surface area contributed by atoms with Crippen LogP contribution in [0.2, 0.25) is 0 Å². The summed E-state index contributed by atoms with van der Waals surface area (Å²) in [5, 5.41) is 0. The number of alkyl halides is 1. The predicted molar refractivity (Wildman–Crippen MR) is 70.2 cm³/mol. The molecule has 0 aliphatic carbocycles. The van der Waals surface area contributed by atoms with Gasteiger partial charge < -0.3 is 0 Å². The van der Waals surface area contributed by atoms with Gasteiger partial charge in [-0.1, -0.05) is 50.3 Å². The average molecular weight is 308 g/mol. The van der Waals surface area contributed by atoms with E-state index < -0.39 is 0 Å². The van der Waals surface area contributed by atoms with Crippen LogP contribution in [0.25, 0.3) is 0 Å². The van der Waals surface area contributed by atoms with E-state index in [0.717, 1.165) is 4.43 Å². The van der Waals surface area contributed by atoms with Gasteiger partial charge in [-0.05, 0) is 23.5 Å². The van der Waals surface area contributed by atoms with Gasteiger partial charge in [0.15, 0.2) is 0 Å². The van der Waals surface area contributed by atoms with Gasteiger partial charge in [0.2, 0.25) is 0 Å². The summed E-state index contributed by atoms with van der Waals surface area (Å²) in [6, 6.07) is 2.39. The number of thiophene rings is 1. The van der Waals surface area contributed by atoms with Crippen LogP contribution in [0.1, 0.15) is 54.8 Å². The second-order valence-electron chi connectivity index (χ2n) is 3.98. The summed E-state index contributed by atoms with van der Waals surface area (Å²) in [4.78, 5) is 3.12. The standard InChI is InChI=1S/C11H17IS/c1-7(2)10-5-9(6-12)11(13-10)8(3)4/h5,7-8H,6H2,1-4H3. The summed E-state index contributed by atoms with van der Waals surface area (Å²) < 4.78 is 1.15. The number of hydrogen-bond acceptors (Lipinski definition) is 1. The zero-order valence-electron chi connectivity index (χ0n) is 8.73. The molecule has 1 aromatic heterocycles. The van der Waals surface area contributed by atoms with Crippen LogP contribution in [0.3, 0.4) is 0 Å². The van der Waals surface area contributed by atoms with Crippen LogP contribution in [0.15, 0.2) is 6.07 Å².